The van der Waals surface area contributed by atoms with E-state index in [1.807, 2.05) is 0 Å². The Hall–Kier alpha value is -3.40. The van der Waals surface area contributed by atoms with E-state index in [-0.39, 0.29) is 42.9 Å². The third-order valence-corrected chi connectivity index (χ3v) is 6.04. The van der Waals surface area contributed by atoms with Crippen LogP contribution in [0.25, 0.3) is 0 Å². The number of benzene rings is 2. The predicted octanol–water partition coefficient (Wildman–Crippen LogP) is 2.54. The van der Waals surface area contributed by atoms with Crippen molar-refractivity contribution in [3.8, 4) is 0 Å². The number of hydrogen-bond acceptors (Lipinski definition) is 5. The Morgan fingerprint density at radius 3 is 2.42 bits per heavy atom. The Bertz CT molecular complexity index is 1080. The second-order valence-electron chi connectivity index (χ2n) is 7.09. The fourth-order valence-electron chi connectivity index (χ4n) is 3.16. The van der Waals surface area contributed by atoms with Crippen molar-refractivity contribution in [2.45, 2.75) is 26.2 Å². The summed E-state index contributed by atoms with van der Waals surface area (Å²) in [6.45, 7) is 1.69. The second kappa shape index (κ2) is 9.61. The maximum Gasteiger partial charge on any atom is 0.244 e. The molecule has 2 aromatic rings. The maximum atomic E-state index is 12.6. The van der Waals surface area contributed by atoms with Gasteiger partial charge in [0, 0.05) is 24.2 Å². The highest BCUT2D eigenvalue weighted by Gasteiger charge is 2.26. The third kappa shape index (κ3) is 6.05. The first kappa shape index (κ1) is 22.3. The van der Waals surface area contributed by atoms with E-state index < -0.39 is 10.0 Å². The number of rotatable bonds is 8. The molecule has 3 amide bonds. The van der Waals surface area contributed by atoms with Crippen LogP contribution in [0.1, 0.15) is 26.2 Å². The molecule has 0 aliphatic carbocycles. The normalized spacial score (nSPS) is 13.2. The van der Waals surface area contributed by atoms with Gasteiger partial charge in [-0.1, -0.05) is 19.1 Å². The molecule has 1 aliphatic heterocycles. The van der Waals surface area contributed by atoms with Crippen molar-refractivity contribution in [1.29, 1.82) is 0 Å². The lowest BCUT2D eigenvalue weighted by atomic mass is 10.1. The minimum atomic E-state index is -3.38. The molecule has 0 unspecified atom stereocenters. The quantitative estimate of drug-likeness (QED) is 0.577. The predicted molar refractivity (Wildman–Crippen MR) is 119 cm³/mol. The first-order valence-corrected chi connectivity index (χ1v) is 11.5. The maximum absolute atomic E-state index is 12.6. The van der Waals surface area contributed by atoms with Gasteiger partial charge in [-0.15, -0.1) is 0 Å². The fourth-order valence-corrected chi connectivity index (χ4v) is 4.29. The van der Waals surface area contributed by atoms with E-state index in [1.54, 1.807) is 55.5 Å². The molecule has 0 spiro atoms. The van der Waals surface area contributed by atoms with Gasteiger partial charge >= 0.3 is 0 Å². The van der Waals surface area contributed by atoms with E-state index in [1.165, 1.54) is 4.90 Å². The van der Waals surface area contributed by atoms with Crippen molar-refractivity contribution in [3.05, 3.63) is 48.5 Å². The summed E-state index contributed by atoms with van der Waals surface area (Å²) in [4.78, 5) is 38.0. The smallest absolute Gasteiger partial charge is 0.244 e. The number of fused-ring (bicyclic) bond motifs is 1. The van der Waals surface area contributed by atoms with Crippen molar-refractivity contribution in [2.24, 2.45) is 0 Å². The molecule has 0 radical (unpaired) electrons. The van der Waals surface area contributed by atoms with Crippen molar-refractivity contribution in [3.63, 3.8) is 0 Å². The number of sulfonamides is 1. The summed E-state index contributed by atoms with van der Waals surface area (Å²) in [7, 11) is -3.38. The Labute approximate surface area is 180 Å². The number of carbonyl (C=O) groups excluding carboxylic acids is 3. The lowest BCUT2D eigenvalue weighted by Gasteiger charge is -2.29. The van der Waals surface area contributed by atoms with Crippen LogP contribution < -0.4 is 20.3 Å². The zero-order chi connectivity index (χ0) is 22.4. The van der Waals surface area contributed by atoms with Crippen LogP contribution in [0.5, 0.6) is 0 Å². The molecule has 0 aromatic heterocycles. The molecule has 2 aromatic carbocycles. The van der Waals surface area contributed by atoms with Gasteiger partial charge in [0.05, 0.1) is 17.1 Å². The van der Waals surface area contributed by atoms with Crippen LogP contribution in [0.3, 0.4) is 0 Å². The highest BCUT2D eigenvalue weighted by atomic mass is 32.2. The number of carbonyl (C=O) groups is 3. The highest BCUT2D eigenvalue weighted by Crippen LogP contribution is 2.29. The molecule has 1 aliphatic rings. The van der Waals surface area contributed by atoms with Crippen LogP contribution in [0, 0.1) is 0 Å². The van der Waals surface area contributed by atoms with E-state index in [4.69, 9.17) is 0 Å². The van der Waals surface area contributed by atoms with E-state index in [9.17, 15) is 22.8 Å². The molecule has 0 fully saturated rings. The van der Waals surface area contributed by atoms with Crippen LogP contribution in [-0.2, 0) is 24.4 Å². The number of para-hydroxylation sites is 2. The van der Waals surface area contributed by atoms with E-state index in [2.05, 4.69) is 15.4 Å². The Kier molecular flexibility index (Phi) is 6.91. The van der Waals surface area contributed by atoms with Gasteiger partial charge in [0.15, 0.2) is 0 Å². The fraction of sp³-hybridized carbons (Fsp3) is 0.286. The zero-order valence-electron chi connectivity index (χ0n) is 17.1. The first-order valence-electron chi connectivity index (χ1n) is 9.87. The van der Waals surface area contributed by atoms with Gasteiger partial charge in [-0.25, -0.2) is 8.42 Å². The number of hydrogen-bond donors (Lipinski definition) is 3. The summed E-state index contributed by atoms with van der Waals surface area (Å²) in [6, 6.07) is 13.3. The average Bonchev–Trinajstić information content (AvgIpc) is 2.72. The number of amides is 3. The van der Waals surface area contributed by atoms with Gasteiger partial charge in [0.25, 0.3) is 0 Å². The Morgan fingerprint density at radius 1 is 1.03 bits per heavy atom. The van der Waals surface area contributed by atoms with Crippen LogP contribution >= 0.6 is 0 Å². The summed E-state index contributed by atoms with van der Waals surface area (Å²) in [6.07, 6.45) is 0.405. The van der Waals surface area contributed by atoms with Crippen LogP contribution in [-0.4, -0.2) is 38.4 Å². The molecular formula is C21H24N4O5S. The molecular weight excluding hydrogens is 420 g/mol. The lowest BCUT2D eigenvalue weighted by molar-refractivity contribution is -0.124. The molecule has 31 heavy (non-hydrogen) atoms. The molecule has 0 saturated heterocycles. The van der Waals surface area contributed by atoms with Gasteiger partial charge in [-0.3, -0.25) is 19.1 Å². The number of nitrogens with zero attached hydrogens (tertiary/aromatic N) is 1. The van der Waals surface area contributed by atoms with Gasteiger partial charge in [-0.05, 0) is 42.8 Å². The topological polar surface area (TPSA) is 125 Å². The molecule has 1 heterocycles. The molecule has 0 atom stereocenters. The van der Waals surface area contributed by atoms with Crippen molar-refractivity contribution in [2.75, 3.05) is 32.6 Å². The van der Waals surface area contributed by atoms with E-state index in [0.717, 1.165) is 0 Å². The minimum Gasteiger partial charge on any atom is -0.326 e. The monoisotopic (exact) mass is 444 g/mol. The van der Waals surface area contributed by atoms with E-state index >= 15 is 0 Å². The summed E-state index contributed by atoms with van der Waals surface area (Å²) in [5.41, 5.74) is 2.06. The Balaban J connectivity index is 1.54. The van der Waals surface area contributed by atoms with Gasteiger partial charge in [-0.2, -0.15) is 0 Å². The van der Waals surface area contributed by atoms with Gasteiger partial charge in [0.1, 0.15) is 6.54 Å². The first-order chi connectivity index (χ1) is 14.8. The Morgan fingerprint density at radius 2 is 1.71 bits per heavy atom. The van der Waals surface area contributed by atoms with Gasteiger partial charge < -0.3 is 15.5 Å². The molecule has 0 bridgehead atoms. The van der Waals surface area contributed by atoms with E-state index in [0.29, 0.717) is 29.2 Å². The van der Waals surface area contributed by atoms with Crippen molar-refractivity contribution in [1.82, 2.24) is 0 Å². The lowest BCUT2D eigenvalue weighted by Crippen LogP contribution is -2.42. The molecule has 0 saturated carbocycles. The zero-order valence-corrected chi connectivity index (χ0v) is 17.9. The highest BCUT2D eigenvalue weighted by molar-refractivity contribution is 7.92. The number of nitrogens with one attached hydrogen (secondary N) is 3. The minimum absolute atomic E-state index is 0.0304. The standard InChI is InChI=1S/C21H24N4O5S/c1-2-13-31(29,30)24-16-9-7-15(8-10-16)22-19(26)11-12-21(28)25-14-20(27)23-17-5-3-4-6-18(17)25/h3-10,24H,2,11-14H2,1H3,(H,22,26)(H,23,27). The SMILES string of the molecule is CCCS(=O)(=O)Nc1ccc(NC(=O)CCC(=O)N2CC(=O)Nc3ccccc32)cc1. The largest absolute Gasteiger partial charge is 0.326 e. The summed E-state index contributed by atoms with van der Waals surface area (Å²) in [5, 5.41) is 5.39. The molecule has 3 N–H and O–H groups in total. The summed E-state index contributed by atoms with van der Waals surface area (Å²) in [5.74, 6) is -0.936. The second-order valence-corrected chi connectivity index (χ2v) is 8.93. The summed E-state index contributed by atoms with van der Waals surface area (Å²) < 4.78 is 26.1. The van der Waals surface area contributed by atoms with Crippen LogP contribution in [0.15, 0.2) is 48.5 Å². The average molecular weight is 445 g/mol. The third-order valence-electron chi connectivity index (χ3n) is 4.55. The van der Waals surface area contributed by atoms with Crippen molar-refractivity contribution < 1.29 is 22.8 Å². The van der Waals surface area contributed by atoms with Gasteiger partial charge in [0.2, 0.25) is 27.7 Å². The molecule has 10 heteroatoms. The van der Waals surface area contributed by atoms with Crippen LogP contribution in [0.4, 0.5) is 22.7 Å². The molecule has 9 nitrogen and oxygen atoms in total. The molecule has 3 rings (SSSR count). The van der Waals surface area contributed by atoms with Crippen molar-refractivity contribution >= 4 is 50.5 Å². The molecule has 164 valence electrons. The number of anilines is 4. The van der Waals surface area contributed by atoms with Crippen LogP contribution in [0.2, 0.25) is 0 Å². The summed E-state index contributed by atoms with van der Waals surface area (Å²) >= 11 is 0.